The van der Waals surface area contributed by atoms with Crippen molar-refractivity contribution in [2.75, 3.05) is 0 Å². The van der Waals surface area contributed by atoms with E-state index in [1.807, 2.05) is 12.1 Å². The van der Waals surface area contributed by atoms with Gasteiger partial charge in [0, 0.05) is 11.0 Å². The summed E-state index contributed by atoms with van der Waals surface area (Å²) < 4.78 is 0. The quantitative estimate of drug-likeness (QED) is 0.694. The van der Waals surface area contributed by atoms with E-state index >= 15 is 0 Å². The minimum absolute atomic E-state index is 0.447. The third kappa shape index (κ3) is 2.86. The van der Waals surface area contributed by atoms with Crippen molar-refractivity contribution in [1.82, 2.24) is 0 Å². The first-order valence-corrected chi connectivity index (χ1v) is 5.92. The first-order valence-electron chi connectivity index (χ1n) is 5.54. The lowest BCUT2D eigenvalue weighted by Crippen LogP contribution is -2.06. The van der Waals surface area contributed by atoms with Gasteiger partial charge in [-0.15, -0.1) is 0 Å². The van der Waals surface area contributed by atoms with Crippen molar-refractivity contribution in [2.45, 2.75) is 6.92 Å². The van der Waals surface area contributed by atoms with E-state index < -0.39 is 0 Å². The van der Waals surface area contributed by atoms with Gasteiger partial charge in [-0.3, -0.25) is 0 Å². The molecule has 1 aliphatic carbocycles. The van der Waals surface area contributed by atoms with Crippen LogP contribution in [0, 0.1) is 11.8 Å². The van der Waals surface area contributed by atoms with Crippen molar-refractivity contribution in [2.24, 2.45) is 11.8 Å². The predicted molar refractivity (Wildman–Crippen MR) is 71.2 cm³/mol. The Hall–Kier alpha value is -1.27. The Kier molecular flexibility index (Phi) is 3.63. The van der Waals surface area contributed by atoms with Crippen molar-refractivity contribution in [3.05, 3.63) is 65.2 Å². The highest BCUT2D eigenvalue weighted by atomic mass is 35.5. The molecule has 0 heterocycles. The molecule has 16 heavy (non-hydrogen) atoms. The molecular weight excluding hydrogens is 216 g/mol. The lowest BCUT2D eigenvalue weighted by molar-refractivity contribution is 0.606. The van der Waals surface area contributed by atoms with Crippen LogP contribution in [0.1, 0.15) is 12.5 Å². The summed E-state index contributed by atoms with van der Waals surface area (Å²) in [6, 6.07) is 10.4. The zero-order valence-corrected chi connectivity index (χ0v) is 10.1. The Bertz CT molecular complexity index is 426. The second kappa shape index (κ2) is 5.18. The van der Waals surface area contributed by atoms with Crippen molar-refractivity contribution < 1.29 is 0 Å². The van der Waals surface area contributed by atoms with Crippen LogP contribution in [0.2, 0.25) is 0 Å². The number of rotatable bonds is 2. The maximum absolute atomic E-state index is 5.94. The summed E-state index contributed by atoms with van der Waals surface area (Å²) in [5.41, 5.74) is 1.24. The Morgan fingerprint density at radius 3 is 2.62 bits per heavy atom. The average Bonchev–Trinajstić information content (AvgIpc) is 2.29. The Morgan fingerprint density at radius 1 is 1.19 bits per heavy atom. The summed E-state index contributed by atoms with van der Waals surface area (Å²) in [6.45, 7) is 2.19. The summed E-state index contributed by atoms with van der Waals surface area (Å²) in [5.74, 6) is 0.917. The van der Waals surface area contributed by atoms with Crippen LogP contribution in [-0.4, -0.2) is 0 Å². The van der Waals surface area contributed by atoms with Crippen LogP contribution in [0.5, 0.6) is 0 Å². The summed E-state index contributed by atoms with van der Waals surface area (Å²) in [6.07, 6.45) is 10.6. The summed E-state index contributed by atoms with van der Waals surface area (Å²) in [7, 11) is 0. The highest BCUT2D eigenvalue weighted by molar-refractivity contribution is 6.31. The number of allylic oxidation sites excluding steroid dienone is 5. The average molecular weight is 231 g/mol. The normalized spacial score (nSPS) is 24.8. The first-order chi connectivity index (χ1) is 7.75. The monoisotopic (exact) mass is 230 g/mol. The Morgan fingerprint density at radius 2 is 1.94 bits per heavy atom. The summed E-state index contributed by atoms with van der Waals surface area (Å²) in [5, 5.41) is 0.844. The molecule has 0 nitrogen and oxygen atoms in total. The van der Waals surface area contributed by atoms with Gasteiger partial charge in [0.2, 0.25) is 0 Å². The predicted octanol–water partition coefficient (Wildman–Crippen LogP) is 4.64. The molecule has 0 aliphatic heterocycles. The van der Waals surface area contributed by atoms with Crippen LogP contribution in [0.15, 0.2) is 59.7 Å². The smallest absolute Gasteiger partial charge is 0.0366 e. The molecule has 1 aromatic rings. The molecule has 0 saturated carbocycles. The highest BCUT2D eigenvalue weighted by Crippen LogP contribution is 2.25. The molecule has 82 valence electrons. The van der Waals surface area contributed by atoms with E-state index in [0.29, 0.717) is 11.8 Å². The SMILES string of the molecule is CC1C=C(Cl)C=CC1/C=C\c1ccccc1. The molecule has 2 atom stereocenters. The fourth-order valence-corrected chi connectivity index (χ4v) is 2.09. The van der Waals surface area contributed by atoms with E-state index in [9.17, 15) is 0 Å². The molecule has 0 spiro atoms. The van der Waals surface area contributed by atoms with Gasteiger partial charge in [0.15, 0.2) is 0 Å². The van der Waals surface area contributed by atoms with Gasteiger partial charge in [-0.25, -0.2) is 0 Å². The van der Waals surface area contributed by atoms with Crippen molar-refractivity contribution in [1.29, 1.82) is 0 Å². The highest BCUT2D eigenvalue weighted by Gasteiger charge is 2.12. The van der Waals surface area contributed by atoms with Crippen LogP contribution in [0.3, 0.4) is 0 Å². The summed E-state index contributed by atoms with van der Waals surface area (Å²) in [4.78, 5) is 0. The van der Waals surface area contributed by atoms with E-state index in [0.717, 1.165) is 5.03 Å². The number of hydrogen-bond acceptors (Lipinski definition) is 0. The second-order valence-electron chi connectivity index (χ2n) is 4.12. The third-order valence-corrected chi connectivity index (χ3v) is 3.07. The fourth-order valence-electron chi connectivity index (χ4n) is 1.82. The molecule has 0 saturated heterocycles. The fraction of sp³-hybridized carbons (Fsp3) is 0.200. The van der Waals surface area contributed by atoms with Crippen molar-refractivity contribution in [3.8, 4) is 0 Å². The molecule has 2 unspecified atom stereocenters. The zero-order chi connectivity index (χ0) is 11.4. The second-order valence-corrected chi connectivity index (χ2v) is 4.55. The maximum Gasteiger partial charge on any atom is 0.0366 e. The Balaban J connectivity index is 2.07. The van der Waals surface area contributed by atoms with Gasteiger partial charge < -0.3 is 0 Å². The number of benzene rings is 1. The van der Waals surface area contributed by atoms with Crippen LogP contribution < -0.4 is 0 Å². The largest absolute Gasteiger partial charge is 0.0847 e. The van der Waals surface area contributed by atoms with E-state index in [1.165, 1.54) is 5.56 Å². The molecule has 0 aromatic heterocycles. The van der Waals surface area contributed by atoms with Gasteiger partial charge in [-0.1, -0.05) is 73.2 Å². The van der Waals surface area contributed by atoms with Crippen LogP contribution >= 0.6 is 11.6 Å². The third-order valence-electron chi connectivity index (χ3n) is 2.82. The minimum atomic E-state index is 0.447. The van der Waals surface area contributed by atoms with Gasteiger partial charge in [0.1, 0.15) is 0 Å². The van der Waals surface area contributed by atoms with E-state index in [1.54, 1.807) is 0 Å². The summed E-state index contributed by atoms with van der Waals surface area (Å²) >= 11 is 5.94. The van der Waals surface area contributed by atoms with Gasteiger partial charge in [0.25, 0.3) is 0 Å². The van der Waals surface area contributed by atoms with Gasteiger partial charge >= 0.3 is 0 Å². The lowest BCUT2D eigenvalue weighted by atomic mass is 9.89. The molecule has 0 radical (unpaired) electrons. The first kappa shape index (κ1) is 11.2. The molecule has 1 aromatic carbocycles. The molecule has 0 N–H and O–H groups in total. The number of halogens is 1. The molecule has 0 amide bonds. The molecule has 1 aliphatic rings. The van der Waals surface area contributed by atoms with Crippen LogP contribution in [0.25, 0.3) is 6.08 Å². The zero-order valence-electron chi connectivity index (χ0n) is 9.31. The van der Waals surface area contributed by atoms with Crippen LogP contribution in [-0.2, 0) is 0 Å². The standard InChI is InChI=1S/C15H15Cl/c1-12-11-15(16)10-9-14(12)8-7-13-5-3-2-4-6-13/h2-12,14H,1H3/b8-7-. The molecular formula is C15H15Cl. The van der Waals surface area contributed by atoms with Gasteiger partial charge in [-0.2, -0.15) is 0 Å². The van der Waals surface area contributed by atoms with Gasteiger partial charge in [0.05, 0.1) is 0 Å². The lowest BCUT2D eigenvalue weighted by Gasteiger charge is -2.17. The molecule has 2 rings (SSSR count). The van der Waals surface area contributed by atoms with Gasteiger partial charge in [-0.05, 0) is 17.6 Å². The van der Waals surface area contributed by atoms with E-state index in [4.69, 9.17) is 11.6 Å². The van der Waals surface area contributed by atoms with Crippen molar-refractivity contribution in [3.63, 3.8) is 0 Å². The minimum Gasteiger partial charge on any atom is -0.0847 e. The van der Waals surface area contributed by atoms with E-state index in [2.05, 4.69) is 55.5 Å². The Labute approximate surface area is 102 Å². The topological polar surface area (TPSA) is 0 Å². The molecule has 1 heteroatoms. The van der Waals surface area contributed by atoms with Crippen LogP contribution in [0.4, 0.5) is 0 Å². The maximum atomic E-state index is 5.94. The molecule has 0 bridgehead atoms. The van der Waals surface area contributed by atoms with Crippen molar-refractivity contribution >= 4 is 17.7 Å². The van der Waals surface area contributed by atoms with E-state index in [-0.39, 0.29) is 0 Å². The number of hydrogen-bond donors (Lipinski definition) is 0. The molecule has 0 fully saturated rings.